The van der Waals surface area contributed by atoms with Gasteiger partial charge in [0.1, 0.15) is 5.82 Å². The first-order valence-corrected chi connectivity index (χ1v) is 5.13. The minimum Gasteiger partial charge on any atom is -0.373 e. The van der Waals surface area contributed by atoms with Crippen molar-refractivity contribution < 1.29 is 0 Å². The maximum atomic E-state index is 4.42. The van der Waals surface area contributed by atoms with E-state index < -0.39 is 0 Å². The van der Waals surface area contributed by atoms with Gasteiger partial charge in [-0.15, -0.1) is 0 Å². The van der Waals surface area contributed by atoms with E-state index in [-0.39, 0.29) is 0 Å². The van der Waals surface area contributed by atoms with Gasteiger partial charge in [0.15, 0.2) is 0 Å². The quantitative estimate of drug-likeness (QED) is 0.702. The fourth-order valence-electron chi connectivity index (χ4n) is 1.32. The van der Waals surface area contributed by atoms with Crippen molar-refractivity contribution in [2.75, 3.05) is 18.9 Å². The largest absolute Gasteiger partial charge is 0.373 e. The van der Waals surface area contributed by atoms with Gasteiger partial charge in [-0.25, -0.2) is 4.98 Å². The van der Waals surface area contributed by atoms with Crippen LogP contribution in [-0.2, 0) is 6.54 Å². The summed E-state index contributed by atoms with van der Waals surface area (Å²) in [6, 6.07) is 4.13. The summed E-state index contributed by atoms with van der Waals surface area (Å²) in [5.74, 6) is 0.932. The molecule has 0 fully saturated rings. The number of nitrogens with one attached hydrogen (secondary N) is 2. The Bertz CT molecular complexity index is 284. The lowest BCUT2D eigenvalue weighted by Gasteiger charge is -2.08. The SMILES string of the molecule is CCCNCc1ccc(NC)nc1C. The number of aryl methyl sites for hydroxylation is 1. The molecule has 0 bridgehead atoms. The fourth-order valence-corrected chi connectivity index (χ4v) is 1.32. The maximum Gasteiger partial charge on any atom is 0.125 e. The van der Waals surface area contributed by atoms with Gasteiger partial charge in [-0.05, 0) is 31.5 Å². The van der Waals surface area contributed by atoms with Gasteiger partial charge in [0, 0.05) is 19.3 Å². The first-order chi connectivity index (χ1) is 6.77. The zero-order valence-electron chi connectivity index (χ0n) is 9.22. The highest BCUT2D eigenvalue weighted by Crippen LogP contribution is 2.09. The maximum absolute atomic E-state index is 4.42. The van der Waals surface area contributed by atoms with Crippen molar-refractivity contribution in [2.24, 2.45) is 0 Å². The molecular weight excluding hydrogens is 174 g/mol. The summed E-state index contributed by atoms with van der Waals surface area (Å²) in [6.07, 6.45) is 1.17. The van der Waals surface area contributed by atoms with E-state index >= 15 is 0 Å². The van der Waals surface area contributed by atoms with E-state index in [0.717, 1.165) is 24.6 Å². The van der Waals surface area contributed by atoms with Crippen LogP contribution in [0.25, 0.3) is 0 Å². The summed E-state index contributed by atoms with van der Waals surface area (Å²) in [6.45, 7) is 6.19. The predicted molar refractivity (Wildman–Crippen MR) is 60.5 cm³/mol. The average molecular weight is 193 g/mol. The van der Waals surface area contributed by atoms with Crippen LogP contribution in [0.4, 0.5) is 5.82 Å². The highest BCUT2D eigenvalue weighted by atomic mass is 15.0. The van der Waals surface area contributed by atoms with Crippen LogP contribution in [0.15, 0.2) is 12.1 Å². The monoisotopic (exact) mass is 193 g/mol. The third-order valence-electron chi connectivity index (χ3n) is 2.19. The summed E-state index contributed by atoms with van der Waals surface area (Å²) in [4.78, 5) is 4.42. The molecule has 0 aliphatic carbocycles. The first-order valence-electron chi connectivity index (χ1n) is 5.13. The van der Waals surface area contributed by atoms with Crippen molar-refractivity contribution in [1.82, 2.24) is 10.3 Å². The molecule has 0 saturated heterocycles. The Morgan fingerprint density at radius 1 is 1.36 bits per heavy atom. The molecule has 0 aromatic carbocycles. The highest BCUT2D eigenvalue weighted by Gasteiger charge is 1.99. The van der Waals surface area contributed by atoms with E-state index in [2.05, 4.69) is 28.6 Å². The molecule has 0 aliphatic rings. The molecule has 2 N–H and O–H groups in total. The Balaban J connectivity index is 2.59. The molecule has 0 atom stereocenters. The molecule has 3 nitrogen and oxygen atoms in total. The fraction of sp³-hybridized carbons (Fsp3) is 0.545. The Morgan fingerprint density at radius 3 is 2.71 bits per heavy atom. The third kappa shape index (κ3) is 3.00. The number of rotatable bonds is 5. The van der Waals surface area contributed by atoms with E-state index in [0.29, 0.717) is 0 Å². The average Bonchev–Trinajstić information content (AvgIpc) is 2.20. The Labute approximate surface area is 85.9 Å². The Hall–Kier alpha value is -1.09. The van der Waals surface area contributed by atoms with Gasteiger partial charge in [0.2, 0.25) is 0 Å². The van der Waals surface area contributed by atoms with Crippen LogP contribution in [-0.4, -0.2) is 18.6 Å². The van der Waals surface area contributed by atoms with E-state index in [1.165, 1.54) is 12.0 Å². The van der Waals surface area contributed by atoms with Crippen molar-refractivity contribution >= 4 is 5.82 Å². The summed E-state index contributed by atoms with van der Waals surface area (Å²) in [5.41, 5.74) is 2.37. The van der Waals surface area contributed by atoms with Gasteiger partial charge < -0.3 is 10.6 Å². The standard InChI is InChI=1S/C11H19N3/c1-4-7-13-8-10-5-6-11(12-3)14-9(10)2/h5-6,13H,4,7-8H2,1-3H3,(H,12,14). The molecule has 3 heteroatoms. The molecular formula is C11H19N3. The van der Waals surface area contributed by atoms with Gasteiger partial charge >= 0.3 is 0 Å². The smallest absolute Gasteiger partial charge is 0.125 e. The van der Waals surface area contributed by atoms with Crippen molar-refractivity contribution in [3.63, 3.8) is 0 Å². The highest BCUT2D eigenvalue weighted by molar-refractivity contribution is 5.37. The zero-order valence-corrected chi connectivity index (χ0v) is 9.22. The van der Waals surface area contributed by atoms with Crippen LogP contribution in [0.2, 0.25) is 0 Å². The van der Waals surface area contributed by atoms with Gasteiger partial charge in [0.25, 0.3) is 0 Å². The minimum absolute atomic E-state index is 0.913. The molecule has 1 rings (SSSR count). The van der Waals surface area contributed by atoms with Gasteiger partial charge in [0.05, 0.1) is 0 Å². The number of anilines is 1. The van der Waals surface area contributed by atoms with Crippen molar-refractivity contribution in [3.05, 3.63) is 23.4 Å². The molecule has 0 aliphatic heterocycles. The number of hydrogen-bond donors (Lipinski definition) is 2. The number of aromatic nitrogens is 1. The lowest BCUT2D eigenvalue weighted by atomic mass is 10.2. The summed E-state index contributed by atoms with van der Waals surface area (Å²) >= 11 is 0. The van der Waals surface area contributed by atoms with E-state index in [1.807, 2.05) is 20.0 Å². The van der Waals surface area contributed by atoms with Crippen molar-refractivity contribution in [1.29, 1.82) is 0 Å². The summed E-state index contributed by atoms with van der Waals surface area (Å²) < 4.78 is 0. The Morgan fingerprint density at radius 2 is 2.14 bits per heavy atom. The summed E-state index contributed by atoms with van der Waals surface area (Å²) in [7, 11) is 1.89. The van der Waals surface area contributed by atoms with Crippen LogP contribution in [0.3, 0.4) is 0 Å². The molecule has 0 amide bonds. The second-order valence-electron chi connectivity index (χ2n) is 3.37. The molecule has 78 valence electrons. The molecule has 0 saturated carbocycles. The number of pyridine rings is 1. The van der Waals surface area contributed by atoms with Crippen LogP contribution in [0.5, 0.6) is 0 Å². The van der Waals surface area contributed by atoms with Gasteiger partial charge in [-0.2, -0.15) is 0 Å². The van der Waals surface area contributed by atoms with Crippen LogP contribution in [0.1, 0.15) is 24.6 Å². The van der Waals surface area contributed by atoms with E-state index in [9.17, 15) is 0 Å². The first kappa shape index (κ1) is 11.0. The number of hydrogen-bond acceptors (Lipinski definition) is 3. The minimum atomic E-state index is 0.913. The molecule has 0 unspecified atom stereocenters. The van der Waals surface area contributed by atoms with E-state index in [4.69, 9.17) is 0 Å². The second-order valence-corrected chi connectivity index (χ2v) is 3.37. The van der Waals surface area contributed by atoms with Crippen molar-refractivity contribution in [3.8, 4) is 0 Å². The zero-order chi connectivity index (χ0) is 10.4. The normalized spacial score (nSPS) is 10.2. The van der Waals surface area contributed by atoms with Crippen LogP contribution in [0, 0.1) is 6.92 Å². The molecule has 0 spiro atoms. The predicted octanol–water partition coefficient (Wildman–Crippen LogP) is 1.93. The molecule has 0 radical (unpaired) electrons. The van der Waals surface area contributed by atoms with E-state index in [1.54, 1.807) is 0 Å². The molecule has 1 aromatic heterocycles. The van der Waals surface area contributed by atoms with Gasteiger partial charge in [-0.3, -0.25) is 0 Å². The lowest BCUT2D eigenvalue weighted by molar-refractivity contribution is 0.671. The Kier molecular flexibility index (Phi) is 4.40. The van der Waals surface area contributed by atoms with Crippen LogP contribution >= 0.6 is 0 Å². The second kappa shape index (κ2) is 5.60. The molecule has 14 heavy (non-hydrogen) atoms. The third-order valence-corrected chi connectivity index (χ3v) is 2.19. The molecule has 1 heterocycles. The van der Waals surface area contributed by atoms with Gasteiger partial charge in [-0.1, -0.05) is 13.0 Å². The number of nitrogens with zero attached hydrogens (tertiary/aromatic N) is 1. The topological polar surface area (TPSA) is 37.0 Å². The summed E-state index contributed by atoms with van der Waals surface area (Å²) in [5, 5.41) is 6.40. The molecule has 1 aromatic rings. The van der Waals surface area contributed by atoms with Crippen molar-refractivity contribution in [2.45, 2.75) is 26.8 Å². The lowest BCUT2D eigenvalue weighted by Crippen LogP contribution is -2.15. The van der Waals surface area contributed by atoms with Crippen LogP contribution < -0.4 is 10.6 Å².